The summed E-state index contributed by atoms with van der Waals surface area (Å²) < 4.78 is 38.1. The first kappa shape index (κ1) is 14.4. The van der Waals surface area contributed by atoms with E-state index in [-0.39, 0.29) is 12.5 Å². The Morgan fingerprint density at radius 1 is 1.41 bits per heavy atom. The maximum absolute atomic E-state index is 12.9. The summed E-state index contributed by atoms with van der Waals surface area (Å²) in [6.07, 6.45) is 0.746. The van der Waals surface area contributed by atoms with Gasteiger partial charge in [-0.3, -0.25) is 0 Å². The van der Waals surface area contributed by atoms with Crippen molar-refractivity contribution in [1.29, 1.82) is 0 Å². The minimum absolute atomic E-state index is 0.0400. The first-order chi connectivity index (χ1) is 10.5. The molecule has 3 heterocycles. The Morgan fingerprint density at radius 2 is 2.27 bits per heavy atom. The van der Waals surface area contributed by atoms with Gasteiger partial charge in [0.25, 0.3) is 0 Å². The summed E-state index contributed by atoms with van der Waals surface area (Å²) >= 11 is 0. The van der Waals surface area contributed by atoms with Crippen molar-refractivity contribution in [2.45, 2.75) is 11.3 Å². The van der Waals surface area contributed by atoms with Crippen molar-refractivity contribution in [1.82, 2.24) is 4.31 Å². The highest BCUT2D eigenvalue weighted by atomic mass is 32.2. The SMILES string of the molecule is O=S(=O)(c1ccc2c(c1)CCO2)N1C[C@H]2COC[C@@]2(CO)C1. The number of aliphatic hydroxyl groups excluding tert-OH is 1. The van der Waals surface area contributed by atoms with Crippen LogP contribution < -0.4 is 4.74 Å². The summed E-state index contributed by atoms with van der Waals surface area (Å²) in [7, 11) is -3.54. The smallest absolute Gasteiger partial charge is 0.243 e. The van der Waals surface area contributed by atoms with Crippen molar-refractivity contribution in [3.8, 4) is 5.75 Å². The maximum atomic E-state index is 12.9. The predicted octanol–water partition coefficient (Wildman–Crippen LogP) is 0.251. The Morgan fingerprint density at radius 3 is 3.05 bits per heavy atom. The molecular formula is C15H19NO5S. The normalized spacial score (nSPS) is 31.0. The number of hydrogen-bond acceptors (Lipinski definition) is 5. The highest BCUT2D eigenvalue weighted by Gasteiger charge is 2.53. The van der Waals surface area contributed by atoms with Gasteiger partial charge >= 0.3 is 0 Å². The van der Waals surface area contributed by atoms with E-state index in [1.54, 1.807) is 18.2 Å². The summed E-state index contributed by atoms with van der Waals surface area (Å²) in [5.41, 5.74) is 0.507. The standard InChI is InChI=1S/C15H19NO5S/c17-9-15-8-16(6-12(15)7-20-10-15)22(18,19)13-1-2-14-11(5-13)3-4-21-14/h1-2,5,12,17H,3-4,6-10H2/t12-,15-/m0/s1. The molecule has 2 saturated heterocycles. The number of sulfonamides is 1. The van der Waals surface area contributed by atoms with E-state index in [0.717, 1.165) is 17.7 Å². The molecule has 2 atom stereocenters. The van der Waals surface area contributed by atoms with Crippen LogP contribution in [0.5, 0.6) is 5.75 Å². The lowest BCUT2D eigenvalue weighted by Crippen LogP contribution is -2.36. The highest BCUT2D eigenvalue weighted by Crippen LogP contribution is 2.43. The minimum Gasteiger partial charge on any atom is -0.493 e. The lowest BCUT2D eigenvalue weighted by atomic mass is 9.82. The summed E-state index contributed by atoms with van der Waals surface area (Å²) in [4.78, 5) is 0.311. The first-order valence-corrected chi connectivity index (χ1v) is 8.94. The van der Waals surface area contributed by atoms with Gasteiger partial charge in [-0.25, -0.2) is 8.42 Å². The molecule has 22 heavy (non-hydrogen) atoms. The van der Waals surface area contributed by atoms with E-state index in [0.29, 0.717) is 37.8 Å². The number of aliphatic hydroxyl groups is 1. The highest BCUT2D eigenvalue weighted by molar-refractivity contribution is 7.89. The number of benzene rings is 1. The quantitative estimate of drug-likeness (QED) is 0.862. The molecule has 2 fully saturated rings. The topological polar surface area (TPSA) is 76.1 Å². The van der Waals surface area contributed by atoms with E-state index >= 15 is 0 Å². The van der Waals surface area contributed by atoms with Gasteiger partial charge in [0.2, 0.25) is 10.0 Å². The van der Waals surface area contributed by atoms with Crippen LogP contribution in [-0.4, -0.2) is 57.3 Å². The molecule has 1 N–H and O–H groups in total. The van der Waals surface area contributed by atoms with Gasteiger partial charge in [-0.15, -0.1) is 0 Å². The number of hydrogen-bond donors (Lipinski definition) is 1. The first-order valence-electron chi connectivity index (χ1n) is 7.50. The van der Waals surface area contributed by atoms with E-state index in [4.69, 9.17) is 9.47 Å². The van der Waals surface area contributed by atoms with Crippen molar-refractivity contribution in [3.05, 3.63) is 23.8 Å². The molecule has 1 aromatic rings. The van der Waals surface area contributed by atoms with E-state index in [9.17, 15) is 13.5 Å². The molecule has 1 aromatic carbocycles. The molecule has 0 radical (unpaired) electrons. The lowest BCUT2D eigenvalue weighted by Gasteiger charge is -2.24. The molecule has 0 bridgehead atoms. The second-order valence-electron chi connectivity index (χ2n) is 6.40. The molecule has 120 valence electrons. The molecular weight excluding hydrogens is 306 g/mol. The van der Waals surface area contributed by atoms with Crippen molar-refractivity contribution in [2.75, 3.05) is 39.5 Å². The number of nitrogens with zero attached hydrogens (tertiary/aromatic N) is 1. The van der Waals surface area contributed by atoms with Crippen molar-refractivity contribution in [3.63, 3.8) is 0 Å². The van der Waals surface area contributed by atoms with E-state index in [2.05, 4.69) is 0 Å². The number of rotatable bonds is 3. The maximum Gasteiger partial charge on any atom is 0.243 e. The molecule has 4 rings (SSSR count). The van der Waals surface area contributed by atoms with Crippen LogP contribution >= 0.6 is 0 Å². The summed E-state index contributed by atoms with van der Waals surface area (Å²) in [5.74, 6) is 0.850. The fraction of sp³-hybridized carbons (Fsp3) is 0.600. The van der Waals surface area contributed by atoms with Crippen LogP contribution in [-0.2, 0) is 21.2 Å². The van der Waals surface area contributed by atoms with Gasteiger partial charge in [0.1, 0.15) is 5.75 Å². The fourth-order valence-electron chi connectivity index (χ4n) is 3.66. The second-order valence-corrected chi connectivity index (χ2v) is 8.34. The molecule has 0 saturated carbocycles. The van der Waals surface area contributed by atoms with Gasteiger partial charge in [-0.1, -0.05) is 0 Å². The van der Waals surface area contributed by atoms with Crippen LogP contribution in [0.4, 0.5) is 0 Å². The second kappa shape index (κ2) is 4.92. The molecule has 0 unspecified atom stereocenters. The third-order valence-electron chi connectivity index (χ3n) is 5.10. The van der Waals surface area contributed by atoms with Gasteiger partial charge in [-0.05, 0) is 23.8 Å². The van der Waals surface area contributed by atoms with Crippen LogP contribution in [0.2, 0.25) is 0 Å². The molecule has 0 aliphatic carbocycles. The van der Waals surface area contributed by atoms with E-state index in [1.807, 2.05) is 0 Å². The third kappa shape index (κ3) is 2.00. The van der Waals surface area contributed by atoms with Crippen LogP contribution in [0.3, 0.4) is 0 Å². The van der Waals surface area contributed by atoms with Gasteiger partial charge in [-0.2, -0.15) is 4.31 Å². The minimum atomic E-state index is -3.54. The Balaban J connectivity index is 1.65. The van der Waals surface area contributed by atoms with Crippen LogP contribution in [0, 0.1) is 11.3 Å². The summed E-state index contributed by atoms with van der Waals surface area (Å²) in [5, 5.41) is 9.69. The lowest BCUT2D eigenvalue weighted by molar-refractivity contribution is 0.0905. The zero-order chi connectivity index (χ0) is 15.4. The monoisotopic (exact) mass is 325 g/mol. The number of fused-ring (bicyclic) bond motifs is 2. The molecule has 0 amide bonds. The largest absolute Gasteiger partial charge is 0.493 e. The van der Waals surface area contributed by atoms with Crippen molar-refractivity contribution in [2.24, 2.45) is 11.3 Å². The van der Waals surface area contributed by atoms with Gasteiger partial charge < -0.3 is 14.6 Å². The van der Waals surface area contributed by atoms with Crippen LogP contribution in [0.15, 0.2) is 23.1 Å². The zero-order valence-electron chi connectivity index (χ0n) is 12.2. The molecule has 0 aromatic heterocycles. The average Bonchev–Trinajstić information content (AvgIpc) is 3.19. The third-order valence-corrected chi connectivity index (χ3v) is 6.91. The van der Waals surface area contributed by atoms with Crippen molar-refractivity contribution < 1.29 is 23.0 Å². The van der Waals surface area contributed by atoms with Crippen molar-refractivity contribution >= 4 is 10.0 Å². The average molecular weight is 325 g/mol. The van der Waals surface area contributed by atoms with Crippen LogP contribution in [0.1, 0.15) is 5.56 Å². The number of ether oxygens (including phenoxy) is 2. The van der Waals surface area contributed by atoms with Gasteiger partial charge in [0.15, 0.2) is 0 Å². The zero-order valence-corrected chi connectivity index (χ0v) is 13.0. The Hall–Kier alpha value is -1.15. The van der Waals surface area contributed by atoms with Crippen LogP contribution in [0.25, 0.3) is 0 Å². The molecule has 0 spiro atoms. The summed E-state index contributed by atoms with van der Waals surface area (Å²) in [6, 6.07) is 5.06. The Labute approximate surface area is 129 Å². The van der Waals surface area contributed by atoms with E-state index in [1.165, 1.54) is 4.31 Å². The Kier molecular flexibility index (Phi) is 3.23. The predicted molar refractivity (Wildman–Crippen MR) is 78.2 cm³/mol. The van der Waals surface area contributed by atoms with E-state index < -0.39 is 15.4 Å². The van der Waals surface area contributed by atoms with Gasteiger partial charge in [0, 0.05) is 30.8 Å². The molecule has 3 aliphatic heterocycles. The molecule has 6 nitrogen and oxygen atoms in total. The Bertz CT molecular complexity index is 704. The fourth-order valence-corrected chi connectivity index (χ4v) is 5.29. The van der Waals surface area contributed by atoms with Gasteiger partial charge in [0.05, 0.1) is 31.3 Å². The molecule has 3 aliphatic rings. The summed E-state index contributed by atoms with van der Waals surface area (Å²) in [6.45, 7) is 2.25. The molecule has 7 heteroatoms.